The van der Waals surface area contributed by atoms with Gasteiger partial charge in [0.25, 0.3) is 0 Å². The standard InChI is InChI=1S/C40H68NO7P/c1-6-8-10-11-12-13-14-15-16-17-18-19-20-21-22-23-24-25-26-27-28-29-30-32-35-45-37-39(48-40(42)33-31-9-7-2)38-47-49(43,44)46-36-34-41(3,4)5/h8,10,12-13,15-16,18-19,21-22,24-25,27-28,39H,6-7,9,11,14,17,20,23,26,29-38H2,1-5H3/p+1/b10-8-,13-12-,16-15-,19-18-,22-21-,25-24-,28-27-. The Kier molecular flexibility index (Phi) is 31.3. The SMILES string of the molecule is CC/C=C\C/C=C\C/C=C\C/C=C\C/C=C\C/C=C\C/C=C\CCCCOCC(COP(=O)(O)OCC[N+](C)(C)C)OC(=O)CCCCC. The van der Waals surface area contributed by atoms with E-state index in [2.05, 4.69) is 98.9 Å². The molecule has 0 bridgehead atoms. The first kappa shape index (κ1) is 46.7. The summed E-state index contributed by atoms with van der Waals surface area (Å²) in [7, 11) is 1.62. The molecule has 2 atom stereocenters. The summed E-state index contributed by atoms with van der Waals surface area (Å²) < 4.78 is 34.3. The van der Waals surface area contributed by atoms with Gasteiger partial charge in [-0.25, -0.2) is 4.57 Å². The fourth-order valence-corrected chi connectivity index (χ4v) is 4.86. The molecule has 0 heterocycles. The Hall–Kier alpha value is -2.32. The Bertz CT molecular complexity index is 1050. The first-order chi connectivity index (χ1) is 23.6. The number of hydrogen-bond donors (Lipinski definition) is 1. The number of rotatable bonds is 32. The second-order valence-electron chi connectivity index (χ2n) is 12.9. The van der Waals surface area contributed by atoms with Crippen molar-refractivity contribution in [1.82, 2.24) is 0 Å². The molecule has 2 unspecified atom stereocenters. The zero-order valence-corrected chi connectivity index (χ0v) is 32.3. The van der Waals surface area contributed by atoms with E-state index in [1.807, 2.05) is 21.1 Å². The minimum Gasteiger partial charge on any atom is -0.457 e. The fraction of sp³-hybridized carbons (Fsp3) is 0.625. The zero-order valence-electron chi connectivity index (χ0n) is 31.4. The van der Waals surface area contributed by atoms with Crippen LogP contribution in [0.25, 0.3) is 0 Å². The normalized spacial score (nSPS) is 15.0. The zero-order chi connectivity index (χ0) is 36.3. The Morgan fingerprint density at radius 3 is 1.65 bits per heavy atom. The summed E-state index contributed by atoms with van der Waals surface area (Å²) in [6.45, 7) is 5.17. The Morgan fingerprint density at radius 2 is 1.16 bits per heavy atom. The third-order valence-corrected chi connectivity index (χ3v) is 7.96. The van der Waals surface area contributed by atoms with Crippen molar-refractivity contribution >= 4 is 13.8 Å². The van der Waals surface area contributed by atoms with E-state index in [-0.39, 0.29) is 25.8 Å². The van der Waals surface area contributed by atoms with Crippen LogP contribution in [-0.4, -0.2) is 75.6 Å². The van der Waals surface area contributed by atoms with Gasteiger partial charge in [0.2, 0.25) is 0 Å². The van der Waals surface area contributed by atoms with Gasteiger partial charge < -0.3 is 18.9 Å². The maximum Gasteiger partial charge on any atom is 0.472 e. The summed E-state index contributed by atoms with van der Waals surface area (Å²) >= 11 is 0. The molecule has 0 aliphatic carbocycles. The van der Waals surface area contributed by atoms with Crippen LogP contribution in [0.5, 0.6) is 0 Å². The summed E-state index contributed by atoms with van der Waals surface area (Å²) in [4.78, 5) is 22.3. The molecular formula is C40H69NO7P+. The van der Waals surface area contributed by atoms with E-state index in [4.69, 9.17) is 18.5 Å². The summed E-state index contributed by atoms with van der Waals surface area (Å²) in [6.07, 6.45) is 42.7. The average molecular weight is 707 g/mol. The Balaban J connectivity index is 4.12. The molecule has 0 aromatic heterocycles. The summed E-state index contributed by atoms with van der Waals surface area (Å²) in [5, 5.41) is 0. The second-order valence-corrected chi connectivity index (χ2v) is 14.3. The van der Waals surface area contributed by atoms with E-state index in [9.17, 15) is 14.3 Å². The van der Waals surface area contributed by atoms with Crippen molar-refractivity contribution in [2.75, 3.05) is 54.1 Å². The lowest BCUT2D eigenvalue weighted by Gasteiger charge is -2.24. The van der Waals surface area contributed by atoms with Crippen LogP contribution < -0.4 is 0 Å². The number of phosphoric acid groups is 1. The molecule has 0 aromatic rings. The third kappa shape index (κ3) is 36.8. The van der Waals surface area contributed by atoms with Crippen LogP contribution in [0.2, 0.25) is 0 Å². The lowest BCUT2D eigenvalue weighted by molar-refractivity contribution is -0.870. The second kappa shape index (κ2) is 32.9. The summed E-state index contributed by atoms with van der Waals surface area (Å²) in [5.41, 5.74) is 0. The minimum atomic E-state index is -4.27. The van der Waals surface area contributed by atoms with E-state index in [1.54, 1.807) is 0 Å². The van der Waals surface area contributed by atoms with Crippen LogP contribution >= 0.6 is 7.82 Å². The quantitative estimate of drug-likeness (QED) is 0.0245. The van der Waals surface area contributed by atoms with Crippen LogP contribution in [0.3, 0.4) is 0 Å². The van der Waals surface area contributed by atoms with Gasteiger partial charge in [-0.2, -0.15) is 0 Å². The molecule has 0 saturated carbocycles. The van der Waals surface area contributed by atoms with Gasteiger partial charge in [-0.1, -0.05) is 112 Å². The van der Waals surface area contributed by atoms with Crippen LogP contribution in [-0.2, 0) is 27.9 Å². The molecular weight excluding hydrogens is 637 g/mol. The van der Waals surface area contributed by atoms with Crippen molar-refractivity contribution in [3.8, 4) is 0 Å². The highest BCUT2D eigenvalue weighted by Crippen LogP contribution is 2.43. The molecule has 0 aliphatic heterocycles. The van der Waals surface area contributed by atoms with Gasteiger partial charge >= 0.3 is 13.8 Å². The number of carbonyl (C=O) groups is 1. The number of nitrogens with zero attached hydrogens (tertiary/aromatic N) is 1. The van der Waals surface area contributed by atoms with Crippen molar-refractivity contribution in [2.24, 2.45) is 0 Å². The number of hydrogen-bond acceptors (Lipinski definition) is 6. The van der Waals surface area contributed by atoms with Gasteiger partial charge in [0, 0.05) is 13.0 Å². The van der Waals surface area contributed by atoms with Gasteiger partial charge in [-0.3, -0.25) is 13.8 Å². The number of quaternary nitrogens is 1. The molecule has 9 heteroatoms. The lowest BCUT2D eigenvalue weighted by atomic mass is 10.2. The molecule has 0 amide bonds. The van der Waals surface area contributed by atoms with Crippen molar-refractivity contribution < 1.29 is 37.3 Å². The highest BCUT2D eigenvalue weighted by Gasteiger charge is 2.26. The number of likely N-dealkylation sites (N-methyl/N-ethyl adjacent to an activating group) is 1. The Labute approximate surface area is 299 Å². The van der Waals surface area contributed by atoms with Gasteiger partial charge in [0.15, 0.2) is 0 Å². The molecule has 0 aliphatic rings. The average Bonchev–Trinajstić information content (AvgIpc) is 3.04. The molecule has 0 radical (unpaired) electrons. The molecule has 280 valence electrons. The lowest BCUT2D eigenvalue weighted by Crippen LogP contribution is -2.37. The first-order valence-corrected chi connectivity index (χ1v) is 19.8. The fourth-order valence-electron chi connectivity index (χ4n) is 4.12. The van der Waals surface area contributed by atoms with E-state index in [0.29, 0.717) is 24.1 Å². The molecule has 0 aromatic carbocycles. The smallest absolute Gasteiger partial charge is 0.457 e. The molecule has 1 N–H and O–H groups in total. The largest absolute Gasteiger partial charge is 0.472 e. The maximum absolute atomic E-state index is 12.3. The predicted molar refractivity (Wildman–Crippen MR) is 205 cm³/mol. The number of phosphoric ester groups is 1. The predicted octanol–water partition coefficient (Wildman–Crippen LogP) is 10.1. The van der Waals surface area contributed by atoms with E-state index in [0.717, 1.165) is 83.5 Å². The number of carbonyl (C=O) groups excluding carboxylic acids is 1. The van der Waals surface area contributed by atoms with Crippen molar-refractivity contribution in [1.29, 1.82) is 0 Å². The van der Waals surface area contributed by atoms with Crippen molar-refractivity contribution in [3.05, 3.63) is 85.1 Å². The van der Waals surface area contributed by atoms with Gasteiger partial charge in [0.05, 0.1) is 34.4 Å². The van der Waals surface area contributed by atoms with Crippen molar-refractivity contribution in [2.45, 2.75) is 110 Å². The molecule has 0 saturated heterocycles. The van der Waals surface area contributed by atoms with E-state index < -0.39 is 13.9 Å². The number of ether oxygens (including phenoxy) is 2. The molecule has 49 heavy (non-hydrogen) atoms. The van der Waals surface area contributed by atoms with Crippen LogP contribution in [0, 0.1) is 0 Å². The third-order valence-electron chi connectivity index (χ3n) is 6.97. The van der Waals surface area contributed by atoms with Gasteiger partial charge in [-0.15, -0.1) is 0 Å². The number of esters is 1. The van der Waals surface area contributed by atoms with Gasteiger partial charge in [-0.05, 0) is 70.6 Å². The van der Waals surface area contributed by atoms with E-state index in [1.165, 1.54) is 0 Å². The van der Waals surface area contributed by atoms with Crippen molar-refractivity contribution in [3.63, 3.8) is 0 Å². The molecule has 0 spiro atoms. The monoisotopic (exact) mass is 706 g/mol. The van der Waals surface area contributed by atoms with E-state index >= 15 is 0 Å². The summed E-state index contributed by atoms with van der Waals surface area (Å²) in [5.74, 6) is -0.360. The minimum absolute atomic E-state index is 0.0745. The maximum atomic E-state index is 12.3. The molecule has 8 nitrogen and oxygen atoms in total. The summed E-state index contributed by atoms with van der Waals surface area (Å²) in [6, 6.07) is 0. The van der Waals surface area contributed by atoms with Crippen LogP contribution in [0.4, 0.5) is 0 Å². The molecule has 0 rings (SSSR count). The highest BCUT2D eigenvalue weighted by atomic mass is 31.2. The Morgan fingerprint density at radius 1 is 0.653 bits per heavy atom. The topological polar surface area (TPSA) is 91.3 Å². The molecule has 0 fully saturated rings. The number of allylic oxidation sites excluding steroid dienone is 14. The highest BCUT2D eigenvalue weighted by molar-refractivity contribution is 7.47. The number of unbranched alkanes of at least 4 members (excludes halogenated alkanes) is 4. The van der Waals surface area contributed by atoms with Crippen LogP contribution in [0.1, 0.15) is 104 Å². The van der Waals surface area contributed by atoms with Gasteiger partial charge in [0.1, 0.15) is 19.3 Å². The first-order valence-electron chi connectivity index (χ1n) is 18.3. The van der Waals surface area contributed by atoms with Crippen LogP contribution in [0.15, 0.2) is 85.1 Å².